The van der Waals surface area contributed by atoms with Crippen LogP contribution in [0.25, 0.3) is 0 Å². The molecule has 1 unspecified atom stereocenters. The third kappa shape index (κ3) is 2.28. The molecule has 0 aromatic heterocycles. The quantitative estimate of drug-likeness (QED) is 0.863. The highest BCUT2D eigenvalue weighted by Crippen LogP contribution is 2.36. The molecule has 0 aliphatic heterocycles. The van der Waals surface area contributed by atoms with E-state index >= 15 is 0 Å². The standard InChI is InChI=1S/C11H15Cl2NO/c1-7(2)11(15,6-14)8-4-3-5-9(12)10(8)13/h3-5,7,15H,6,14H2,1-2H3. The van der Waals surface area contributed by atoms with Gasteiger partial charge in [0.2, 0.25) is 0 Å². The van der Waals surface area contributed by atoms with Crippen LogP contribution in [0.3, 0.4) is 0 Å². The highest BCUT2D eigenvalue weighted by atomic mass is 35.5. The summed E-state index contributed by atoms with van der Waals surface area (Å²) in [6, 6.07) is 5.19. The van der Waals surface area contributed by atoms with Crippen LogP contribution in [0.1, 0.15) is 19.4 Å². The third-order valence-electron chi connectivity index (χ3n) is 2.68. The SMILES string of the molecule is CC(C)C(O)(CN)c1cccc(Cl)c1Cl. The largest absolute Gasteiger partial charge is 0.384 e. The van der Waals surface area contributed by atoms with Crippen LogP contribution in [0.4, 0.5) is 0 Å². The van der Waals surface area contributed by atoms with Crippen molar-refractivity contribution in [3.05, 3.63) is 33.8 Å². The molecule has 0 aliphatic carbocycles. The van der Waals surface area contributed by atoms with Crippen LogP contribution < -0.4 is 5.73 Å². The summed E-state index contributed by atoms with van der Waals surface area (Å²) in [6.07, 6.45) is 0. The Kier molecular flexibility index (Phi) is 4.01. The van der Waals surface area contributed by atoms with E-state index in [2.05, 4.69) is 0 Å². The smallest absolute Gasteiger partial charge is 0.106 e. The fraction of sp³-hybridized carbons (Fsp3) is 0.455. The Morgan fingerprint density at radius 2 is 2.00 bits per heavy atom. The highest BCUT2D eigenvalue weighted by molar-refractivity contribution is 6.42. The summed E-state index contributed by atoms with van der Waals surface area (Å²) in [5.41, 5.74) is 5.08. The van der Waals surface area contributed by atoms with E-state index in [4.69, 9.17) is 28.9 Å². The van der Waals surface area contributed by atoms with Crippen molar-refractivity contribution in [2.45, 2.75) is 19.4 Å². The van der Waals surface area contributed by atoms with Gasteiger partial charge in [-0.25, -0.2) is 0 Å². The highest BCUT2D eigenvalue weighted by Gasteiger charge is 2.33. The molecule has 0 spiro atoms. The fourth-order valence-corrected chi connectivity index (χ4v) is 1.96. The van der Waals surface area contributed by atoms with Crippen molar-refractivity contribution in [2.75, 3.05) is 6.54 Å². The van der Waals surface area contributed by atoms with Crippen molar-refractivity contribution >= 4 is 23.2 Å². The van der Waals surface area contributed by atoms with Gasteiger partial charge in [0.15, 0.2) is 0 Å². The minimum atomic E-state index is -1.12. The topological polar surface area (TPSA) is 46.2 Å². The molecule has 0 fully saturated rings. The first kappa shape index (κ1) is 12.8. The predicted octanol–water partition coefficient (Wildman–Crippen LogP) is 2.80. The van der Waals surface area contributed by atoms with Gasteiger partial charge in [0.1, 0.15) is 5.60 Å². The molecular formula is C11H15Cl2NO. The Bertz CT molecular complexity index is 354. The summed E-state index contributed by atoms with van der Waals surface area (Å²) < 4.78 is 0. The van der Waals surface area contributed by atoms with Gasteiger partial charge in [-0.15, -0.1) is 0 Å². The summed E-state index contributed by atoms with van der Waals surface area (Å²) in [4.78, 5) is 0. The van der Waals surface area contributed by atoms with E-state index in [1.807, 2.05) is 13.8 Å². The monoisotopic (exact) mass is 247 g/mol. The molecule has 0 heterocycles. The second kappa shape index (κ2) is 4.71. The average Bonchev–Trinajstić information content (AvgIpc) is 2.20. The number of benzene rings is 1. The van der Waals surface area contributed by atoms with Gasteiger partial charge in [0.05, 0.1) is 10.0 Å². The van der Waals surface area contributed by atoms with E-state index in [1.165, 1.54) is 0 Å². The lowest BCUT2D eigenvalue weighted by atomic mass is 9.83. The van der Waals surface area contributed by atoms with Crippen molar-refractivity contribution in [3.8, 4) is 0 Å². The number of aliphatic hydroxyl groups is 1. The summed E-state index contributed by atoms with van der Waals surface area (Å²) in [5, 5.41) is 11.2. The molecule has 0 aliphatic rings. The molecular weight excluding hydrogens is 233 g/mol. The lowest BCUT2D eigenvalue weighted by Crippen LogP contribution is -2.40. The van der Waals surface area contributed by atoms with Crippen molar-refractivity contribution in [1.82, 2.24) is 0 Å². The number of rotatable bonds is 3. The number of hydrogen-bond donors (Lipinski definition) is 2. The van der Waals surface area contributed by atoms with Gasteiger partial charge >= 0.3 is 0 Å². The van der Waals surface area contributed by atoms with Gasteiger partial charge in [-0.3, -0.25) is 0 Å². The van der Waals surface area contributed by atoms with Gasteiger partial charge in [-0.05, 0) is 12.0 Å². The molecule has 0 bridgehead atoms. The van der Waals surface area contributed by atoms with Gasteiger partial charge in [-0.1, -0.05) is 49.2 Å². The summed E-state index contributed by atoms with van der Waals surface area (Å²) in [7, 11) is 0. The van der Waals surface area contributed by atoms with Crippen LogP contribution in [-0.2, 0) is 5.60 Å². The normalized spacial score (nSPS) is 15.4. The average molecular weight is 248 g/mol. The van der Waals surface area contributed by atoms with Crippen LogP contribution in [0.5, 0.6) is 0 Å². The Morgan fingerprint density at radius 1 is 1.40 bits per heavy atom. The maximum atomic E-state index is 10.4. The first-order valence-electron chi connectivity index (χ1n) is 4.80. The molecule has 1 aromatic rings. The van der Waals surface area contributed by atoms with Gasteiger partial charge in [-0.2, -0.15) is 0 Å². The Morgan fingerprint density at radius 3 is 2.47 bits per heavy atom. The van der Waals surface area contributed by atoms with E-state index in [0.29, 0.717) is 15.6 Å². The van der Waals surface area contributed by atoms with Crippen LogP contribution in [-0.4, -0.2) is 11.7 Å². The van der Waals surface area contributed by atoms with Gasteiger partial charge in [0.25, 0.3) is 0 Å². The van der Waals surface area contributed by atoms with E-state index in [1.54, 1.807) is 18.2 Å². The zero-order valence-electron chi connectivity index (χ0n) is 8.80. The van der Waals surface area contributed by atoms with Gasteiger partial charge in [0, 0.05) is 12.1 Å². The molecule has 0 saturated carbocycles. The summed E-state index contributed by atoms with van der Waals surface area (Å²) in [6.45, 7) is 3.90. The van der Waals surface area contributed by atoms with Crippen LogP contribution in [0.2, 0.25) is 10.0 Å². The second-order valence-corrected chi connectivity index (χ2v) is 4.67. The zero-order valence-corrected chi connectivity index (χ0v) is 10.3. The first-order valence-corrected chi connectivity index (χ1v) is 5.56. The lowest BCUT2D eigenvalue weighted by Gasteiger charge is -2.32. The molecule has 4 heteroatoms. The summed E-state index contributed by atoms with van der Waals surface area (Å²) in [5.74, 6) is -0.0292. The molecule has 0 radical (unpaired) electrons. The fourth-order valence-electron chi connectivity index (χ4n) is 1.49. The summed E-state index contributed by atoms with van der Waals surface area (Å²) >= 11 is 12.0. The molecule has 84 valence electrons. The molecule has 1 aromatic carbocycles. The molecule has 1 atom stereocenters. The predicted molar refractivity (Wildman–Crippen MR) is 64.3 cm³/mol. The molecule has 0 amide bonds. The molecule has 15 heavy (non-hydrogen) atoms. The van der Waals surface area contributed by atoms with E-state index < -0.39 is 5.60 Å². The maximum absolute atomic E-state index is 10.4. The zero-order chi connectivity index (χ0) is 11.6. The van der Waals surface area contributed by atoms with Crippen molar-refractivity contribution in [3.63, 3.8) is 0 Å². The van der Waals surface area contributed by atoms with E-state index in [-0.39, 0.29) is 12.5 Å². The Hall–Kier alpha value is -0.280. The Balaban J connectivity index is 3.30. The van der Waals surface area contributed by atoms with Crippen LogP contribution >= 0.6 is 23.2 Å². The maximum Gasteiger partial charge on any atom is 0.106 e. The number of nitrogens with two attached hydrogens (primary N) is 1. The lowest BCUT2D eigenvalue weighted by molar-refractivity contribution is -0.00103. The molecule has 3 N–H and O–H groups in total. The minimum Gasteiger partial charge on any atom is -0.384 e. The first-order chi connectivity index (χ1) is 6.93. The number of hydrogen-bond acceptors (Lipinski definition) is 2. The van der Waals surface area contributed by atoms with Crippen molar-refractivity contribution in [2.24, 2.45) is 11.7 Å². The van der Waals surface area contributed by atoms with E-state index in [0.717, 1.165) is 0 Å². The Labute approximate surface area is 100.0 Å². The molecule has 0 saturated heterocycles. The van der Waals surface area contributed by atoms with Crippen molar-refractivity contribution in [1.29, 1.82) is 0 Å². The minimum absolute atomic E-state index is 0.0292. The number of halogens is 2. The van der Waals surface area contributed by atoms with Crippen LogP contribution in [0, 0.1) is 5.92 Å². The van der Waals surface area contributed by atoms with Gasteiger partial charge < -0.3 is 10.8 Å². The molecule has 2 nitrogen and oxygen atoms in total. The second-order valence-electron chi connectivity index (χ2n) is 3.88. The molecule has 1 rings (SSSR count). The van der Waals surface area contributed by atoms with Crippen LogP contribution in [0.15, 0.2) is 18.2 Å². The third-order valence-corrected chi connectivity index (χ3v) is 3.50. The van der Waals surface area contributed by atoms with Crippen molar-refractivity contribution < 1.29 is 5.11 Å². The van der Waals surface area contributed by atoms with E-state index in [9.17, 15) is 5.11 Å².